The van der Waals surface area contributed by atoms with Crippen molar-refractivity contribution in [1.82, 2.24) is 15.5 Å². The first-order valence-corrected chi connectivity index (χ1v) is 8.27. The van der Waals surface area contributed by atoms with Gasteiger partial charge in [0.1, 0.15) is 5.60 Å². The van der Waals surface area contributed by atoms with E-state index in [0.717, 1.165) is 25.3 Å². The lowest BCUT2D eigenvalue weighted by Gasteiger charge is -2.27. The summed E-state index contributed by atoms with van der Waals surface area (Å²) in [6.45, 7) is 13.8. The van der Waals surface area contributed by atoms with Crippen molar-refractivity contribution in [2.45, 2.75) is 72.1 Å². The minimum Gasteiger partial charge on any atom is -0.444 e. The van der Waals surface area contributed by atoms with Gasteiger partial charge in [0.25, 0.3) is 0 Å². The van der Waals surface area contributed by atoms with Crippen molar-refractivity contribution in [3.63, 3.8) is 0 Å². The van der Waals surface area contributed by atoms with Crippen molar-refractivity contribution in [3.05, 3.63) is 0 Å². The number of hydrogen-bond acceptors (Lipinski definition) is 3. The molecule has 0 bridgehead atoms. The van der Waals surface area contributed by atoms with E-state index in [4.69, 9.17) is 4.74 Å². The molecule has 2 N–H and O–H groups in total. The molecule has 0 aliphatic heterocycles. The fourth-order valence-corrected chi connectivity index (χ4v) is 1.99. The zero-order chi connectivity index (χ0) is 16.8. The van der Waals surface area contributed by atoms with Crippen molar-refractivity contribution in [2.24, 2.45) is 4.99 Å². The van der Waals surface area contributed by atoms with Crippen LogP contribution >= 0.6 is 0 Å². The summed E-state index contributed by atoms with van der Waals surface area (Å²) in [5.74, 6) is 0.789. The van der Waals surface area contributed by atoms with E-state index >= 15 is 0 Å². The average Bonchev–Trinajstić information content (AvgIpc) is 3.15. The zero-order valence-electron chi connectivity index (χ0n) is 14.9. The molecule has 0 unspecified atom stereocenters. The summed E-state index contributed by atoms with van der Waals surface area (Å²) in [7, 11) is 0. The fourth-order valence-electron chi connectivity index (χ4n) is 1.99. The summed E-state index contributed by atoms with van der Waals surface area (Å²) < 4.78 is 5.48. The first kappa shape index (κ1) is 18.6. The smallest absolute Gasteiger partial charge is 0.410 e. The van der Waals surface area contributed by atoms with Gasteiger partial charge >= 0.3 is 6.09 Å². The van der Waals surface area contributed by atoms with E-state index < -0.39 is 5.60 Å². The molecule has 0 aromatic carbocycles. The second-order valence-electron chi connectivity index (χ2n) is 6.96. The third-order valence-electron chi connectivity index (χ3n) is 3.00. The number of ether oxygens (including phenoxy) is 1. The molecule has 0 spiro atoms. The summed E-state index contributed by atoms with van der Waals surface area (Å²) >= 11 is 0. The number of rotatable bonds is 6. The van der Waals surface area contributed by atoms with Crippen LogP contribution in [-0.2, 0) is 4.74 Å². The first-order valence-electron chi connectivity index (χ1n) is 8.27. The zero-order valence-corrected chi connectivity index (χ0v) is 14.9. The highest BCUT2D eigenvalue weighted by Gasteiger charge is 2.34. The fraction of sp³-hybridized carbons (Fsp3) is 0.875. The molecule has 1 fully saturated rings. The molecule has 0 aromatic heterocycles. The second kappa shape index (κ2) is 8.25. The third-order valence-corrected chi connectivity index (χ3v) is 3.00. The number of aliphatic imine (C=N–C) groups is 1. The molecule has 1 rings (SSSR count). The first-order chi connectivity index (χ1) is 10.2. The number of nitrogens with one attached hydrogen (secondary N) is 2. The van der Waals surface area contributed by atoms with Gasteiger partial charge in [-0.25, -0.2) is 4.79 Å². The summed E-state index contributed by atoms with van der Waals surface area (Å²) in [6, 6.07) is 0.647. The molecule has 0 aromatic rings. The number of amides is 1. The molecule has 1 aliphatic carbocycles. The molecular formula is C16H32N4O2. The van der Waals surface area contributed by atoms with Crippen LogP contribution in [-0.4, -0.2) is 54.3 Å². The molecule has 0 heterocycles. The molecule has 22 heavy (non-hydrogen) atoms. The standard InChI is InChI=1S/C16H32N4O2/c1-7-17-14(19-12(2)3)18-10-11-20(13-8-9-13)15(21)22-16(4,5)6/h12-13H,7-11H2,1-6H3,(H2,17,18,19). The Kier molecular flexibility index (Phi) is 6.97. The third kappa shape index (κ3) is 7.52. The van der Waals surface area contributed by atoms with Crippen LogP contribution in [0.25, 0.3) is 0 Å². The quantitative estimate of drug-likeness (QED) is 0.583. The number of nitrogens with zero attached hydrogens (tertiary/aromatic N) is 2. The van der Waals surface area contributed by atoms with E-state index in [-0.39, 0.29) is 6.09 Å². The van der Waals surface area contributed by atoms with Gasteiger partial charge in [-0.1, -0.05) is 0 Å². The van der Waals surface area contributed by atoms with Crippen molar-refractivity contribution in [1.29, 1.82) is 0 Å². The van der Waals surface area contributed by atoms with E-state index in [9.17, 15) is 4.79 Å². The Morgan fingerprint density at radius 2 is 2.00 bits per heavy atom. The van der Waals surface area contributed by atoms with E-state index in [1.54, 1.807) is 0 Å². The van der Waals surface area contributed by atoms with E-state index in [1.807, 2.05) is 32.6 Å². The molecule has 0 radical (unpaired) electrons. The highest BCUT2D eigenvalue weighted by molar-refractivity contribution is 5.80. The maximum Gasteiger partial charge on any atom is 0.410 e. The Labute approximate surface area is 134 Å². The van der Waals surface area contributed by atoms with E-state index in [0.29, 0.717) is 25.2 Å². The molecular weight excluding hydrogens is 280 g/mol. The SMILES string of the molecule is CCNC(=NCCN(C(=O)OC(C)(C)C)C1CC1)NC(C)C. The maximum absolute atomic E-state index is 12.2. The molecule has 128 valence electrons. The van der Waals surface area contributed by atoms with Gasteiger partial charge in [0.05, 0.1) is 6.54 Å². The van der Waals surface area contributed by atoms with Crippen LogP contribution in [0.2, 0.25) is 0 Å². The second-order valence-corrected chi connectivity index (χ2v) is 6.96. The summed E-state index contributed by atoms with van der Waals surface area (Å²) in [4.78, 5) is 18.6. The van der Waals surface area contributed by atoms with Gasteiger partial charge in [-0.3, -0.25) is 4.99 Å². The van der Waals surface area contributed by atoms with Gasteiger partial charge < -0.3 is 20.3 Å². The highest BCUT2D eigenvalue weighted by atomic mass is 16.6. The maximum atomic E-state index is 12.2. The summed E-state index contributed by atoms with van der Waals surface area (Å²) in [5.41, 5.74) is -0.457. The molecule has 6 nitrogen and oxygen atoms in total. The van der Waals surface area contributed by atoms with Crippen LogP contribution in [0.1, 0.15) is 54.4 Å². The molecule has 6 heteroatoms. The minimum absolute atomic E-state index is 0.230. The van der Waals surface area contributed by atoms with Crippen LogP contribution in [0, 0.1) is 0 Å². The Hall–Kier alpha value is -1.46. The predicted molar refractivity (Wildman–Crippen MR) is 90.2 cm³/mol. The molecule has 1 amide bonds. The number of carbonyl (C=O) groups is 1. The Morgan fingerprint density at radius 1 is 1.36 bits per heavy atom. The average molecular weight is 312 g/mol. The van der Waals surface area contributed by atoms with Gasteiger partial charge in [0.15, 0.2) is 5.96 Å². The van der Waals surface area contributed by atoms with Gasteiger partial charge in [0, 0.05) is 25.2 Å². The lowest BCUT2D eigenvalue weighted by molar-refractivity contribution is 0.0240. The molecule has 1 saturated carbocycles. The Bertz CT molecular complexity index is 384. The van der Waals surface area contributed by atoms with Gasteiger partial charge in [0.2, 0.25) is 0 Å². The minimum atomic E-state index is -0.457. The van der Waals surface area contributed by atoms with Crippen molar-refractivity contribution in [2.75, 3.05) is 19.6 Å². The molecule has 0 atom stereocenters. The van der Waals surface area contributed by atoms with Crippen molar-refractivity contribution in [3.8, 4) is 0 Å². The van der Waals surface area contributed by atoms with Crippen LogP contribution < -0.4 is 10.6 Å². The lowest BCUT2D eigenvalue weighted by atomic mass is 10.2. The normalized spacial score (nSPS) is 15.7. The number of guanidine groups is 1. The summed E-state index contributed by atoms with van der Waals surface area (Å²) in [6.07, 6.45) is 1.90. The number of carbonyl (C=O) groups excluding carboxylic acids is 1. The van der Waals surface area contributed by atoms with E-state index in [2.05, 4.69) is 29.5 Å². The molecule has 0 saturated heterocycles. The highest BCUT2D eigenvalue weighted by Crippen LogP contribution is 2.28. The van der Waals surface area contributed by atoms with Crippen molar-refractivity contribution < 1.29 is 9.53 Å². The topological polar surface area (TPSA) is 66.0 Å². The van der Waals surface area contributed by atoms with Crippen LogP contribution in [0.3, 0.4) is 0 Å². The van der Waals surface area contributed by atoms with Gasteiger partial charge in [-0.2, -0.15) is 0 Å². The van der Waals surface area contributed by atoms with Crippen LogP contribution in [0.15, 0.2) is 4.99 Å². The number of hydrogen-bond donors (Lipinski definition) is 2. The predicted octanol–water partition coefficient (Wildman–Crippen LogP) is 2.35. The largest absolute Gasteiger partial charge is 0.444 e. The van der Waals surface area contributed by atoms with E-state index in [1.165, 1.54) is 0 Å². The molecule has 1 aliphatic rings. The van der Waals surface area contributed by atoms with Crippen molar-refractivity contribution >= 4 is 12.1 Å². The monoisotopic (exact) mass is 312 g/mol. The van der Waals surface area contributed by atoms with Crippen LogP contribution in [0.5, 0.6) is 0 Å². The summed E-state index contributed by atoms with van der Waals surface area (Å²) in [5, 5.41) is 6.48. The Balaban J connectivity index is 2.54. The van der Waals surface area contributed by atoms with Gasteiger partial charge in [-0.15, -0.1) is 0 Å². The lowest BCUT2D eigenvalue weighted by Crippen LogP contribution is -2.42. The van der Waals surface area contributed by atoms with Crippen LogP contribution in [0.4, 0.5) is 4.79 Å². The van der Waals surface area contributed by atoms with Gasteiger partial charge in [-0.05, 0) is 54.4 Å². The Morgan fingerprint density at radius 3 is 2.45 bits per heavy atom.